The first-order valence-electron chi connectivity index (χ1n) is 11.6. The maximum absolute atomic E-state index is 15.0. The van der Waals surface area contributed by atoms with E-state index in [0.29, 0.717) is 23.5 Å². The quantitative estimate of drug-likeness (QED) is 0.357. The van der Waals surface area contributed by atoms with Crippen molar-refractivity contribution in [3.8, 4) is 17.7 Å². The lowest BCUT2D eigenvalue weighted by molar-refractivity contribution is 0.407. The number of hydrogen-bond acceptors (Lipinski definition) is 7. The average Bonchev–Trinajstić information content (AvgIpc) is 3.25. The Labute approximate surface area is 206 Å². The van der Waals surface area contributed by atoms with Crippen molar-refractivity contribution in [2.24, 2.45) is 0 Å². The van der Waals surface area contributed by atoms with Gasteiger partial charge in [-0.25, -0.2) is 18.7 Å². The third-order valence-electron chi connectivity index (χ3n) is 6.09. The van der Waals surface area contributed by atoms with Gasteiger partial charge in [-0.1, -0.05) is 0 Å². The smallest absolute Gasteiger partial charge is 0.242 e. The van der Waals surface area contributed by atoms with E-state index in [9.17, 15) is 9.65 Å². The number of H-pyrrole nitrogens is 1. The molecule has 1 aliphatic heterocycles. The van der Waals surface area contributed by atoms with Crippen LogP contribution in [0, 0.1) is 29.9 Å². The molecule has 0 radical (unpaired) electrons. The van der Waals surface area contributed by atoms with Gasteiger partial charge in [0.1, 0.15) is 12.4 Å². The minimum Gasteiger partial charge on any atom is -0.434 e. The Hall–Kier alpha value is -4.23. The van der Waals surface area contributed by atoms with E-state index in [4.69, 9.17) is 4.74 Å². The lowest BCUT2D eigenvalue weighted by Crippen LogP contribution is -2.54. The number of piperazine rings is 1. The summed E-state index contributed by atoms with van der Waals surface area (Å²) >= 11 is 0. The maximum Gasteiger partial charge on any atom is 0.242 e. The van der Waals surface area contributed by atoms with E-state index in [0.717, 1.165) is 24.8 Å². The largest absolute Gasteiger partial charge is 0.434 e. The van der Waals surface area contributed by atoms with Crippen LogP contribution in [-0.2, 0) is 0 Å². The zero-order valence-corrected chi connectivity index (χ0v) is 20.1. The van der Waals surface area contributed by atoms with E-state index in [2.05, 4.69) is 44.3 Å². The van der Waals surface area contributed by atoms with Gasteiger partial charge in [-0.3, -0.25) is 0 Å². The zero-order valence-electron chi connectivity index (χ0n) is 20.1. The second kappa shape index (κ2) is 9.43. The van der Waals surface area contributed by atoms with E-state index < -0.39 is 11.6 Å². The lowest BCUT2D eigenvalue weighted by atomic mass is 10.1. The zero-order chi connectivity index (χ0) is 25.4. The van der Waals surface area contributed by atoms with Crippen LogP contribution < -0.4 is 20.3 Å². The van der Waals surface area contributed by atoms with Crippen LogP contribution in [-0.4, -0.2) is 40.1 Å². The Morgan fingerprint density at radius 2 is 1.83 bits per heavy atom. The summed E-state index contributed by atoms with van der Waals surface area (Å²) in [5.74, 6) is -1.78. The molecule has 2 aromatic carbocycles. The summed E-state index contributed by atoms with van der Waals surface area (Å²) in [6.07, 6.45) is 1.20. The molecule has 2 atom stereocenters. The number of aromatic amines is 1. The monoisotopic (exact) mass is 489 g/mol. The summed E-state index contributed by atoms with van der Waals surface area (Å²) in [6, 6.07) is 13.0. The molecule has 2 unspecified atom stereocenters. The molecular weight excluding hydrogens is 464 g/mol. The van der Waals surface area contributed by atoms with Crippen LogP contribution in [0.5, 0.6) is 11.6 Å². The molecule has 0 aliphatic carbocycles. The molecule has 184 valence electrons. The molecule has 0 saturated carbocycles. The first-order valence-corrected chi connectivity index (χ1v) is 11.6. The van der Waals surface area contributed by atoms with E-state index in [-0.39, 0.29) is 33.9 Å². The Bertz CT molecular complexity index is 1450. The van der Waals surface area contributed by atoms with Crippen LogP contribution in [0.4, 0.5) is 26.0 Å². The number of nitriles is 1. The van der Waals surface area contributed by atoms with Gasteiger partial charge in [0.25, 0.3) is 0 Å². The highest BCUT2D eigenvalue weighted by Crippen LogP contribution is 2.34. The standard InChI is InChI=1S/C26H25F2N7O/c1-14-8-19-23(28)22(9-21(27)24(19)33-14)36-26-20(10-29)25(30-13-31-26)34-17-4-6-18(7-5-17)35-11-15(2)32-16(3)12-35/h4-9,13,15-16,32-33H,11-12H2,1-3H3,(H,30,31,34). The summed E-state index contributed by atoms with van der Waals surface area (Å²) in [5.41, 5.74) is 2.43. The maximum atomic E-state index is 15.0. The van der Waals surface area contributed by atoms with Crippen molar-refractivity contribution < 1.29 is 13.5 Å². The molecule has 1 aliphatic rings. The molecule has 0 amide bonds. The van der Waals surface area contributed by atoms with Gasteiger partial charge < -0.3 is 25.3 Å². The normalized spacial score (nSPS) is 17.7. The van der Waals surface area contributed by atoms with Crippen LogP contribution in [0.1, 0.15) is 25.1 Å². The number of halogens is 2. The van der Waals surface area contributed by atoms with E-state index in [1.807, 2.05) is 30.3 Å². The van der Waals surface area contributed by atoms with E-state index in [1.165, 1.54) is 12.4 Å². The number of aryl methyl sites for hydroxylation is 1. The van der Waals surface area contributed by atoms with Crippen molar-refractivity contribution in [2.75, 3.05) is 23.3 Å². The number of nitrogens with one attached hydrogen (secondary N) is 3. The molecular formula is C26H25F2N7O. The Morgan fingerprint density at radius 3 is 2.53 bits per heavy atom. The van der Waals surface area contributed by atoms with Crippen LogP contribution in [0.3, 0.4) is 0 Å². The van der Waals surface area contributed by atoms with Crippen LogP contribution >= 0.6 is 0 Å². The molecule has 3 N–H and O–H groups in total. The van der Waals surface area contributed by atoms with Crippen molar-refractivity contribution >= 4 is 28.1 Å². The summed E-state index contributed by atoms with van der Waals surface area (Å²) in [5, 5.41) is 16.5. The number of anilines is 3. The third kappa shape index (κ3) is 4.53. The molecule has 0 spiro atoms. The van der Waals surface area contributed by atoms with Crippen LogP contribution in [0.15, 0.2) is 42.7 Å². The summed E-state index contributed by atoms with van der Waals surface area (Å²) < 4.78 is 35.1. The first-order chi connectivity index (χ1) is 17.3. The molecule has 36 heavy (non-hydrogen) atoms. The van der Waals surface area contributed by atoms with Gasteiger partial charge >= 0.3 is 0 Å². The van der Waals surface area contributed by atoms with Gasteiger partial charge in [-0.05, 0) is 51.1 Å². The van der Waals surface area contributed by atoms with Gasteiger partial charge in [-0.15, -0.1) is 0 Å². The fourth-order valence-electron chi connectivity index (χ4n) is 4.58. The molecule has 8 nitrogen and oxygen atoms in total. The van der Waals surface area contributed by atoms with Gasteiger partial charge in [0.05, 0.1) is 5.52 Å². The summed E-state index contributed by atoms with van der Waals surface area (Å²) in [4.78, 5) is 13.2. The van der Waals surface area contributed by atoms with Gasteiger partial charge in [-0.2, -0.15) is 5.26 Å². The minimum absolute atomic E-state index is 0.0310. The summed E-state index contributed by atoms with van der Waals surface area (Å²) in [7, 11) is 0. The molecule has 5 rings (SSSR count). The number of aromatic nitrogens is 3. The molecule has 1 fully saturated rings. The third-order valence-corrected chi connectivity index (χ3v) is 6.09. The molecule has 1 saturated heterocycles. The number of benzene rings is 2. The van der Waals surface area contributed by atoms with Crippen LogP contribution in [0.25, 0.3) is 10.9 Å². The van der Waals surface area contributed by atoms with Crippen molar-refractivity contribution in [3.05, 3.63) is 65.6 Å². The van der Waals surface area contributed by atoms with E-state index in [1.54, 1.807) is 6.92 Å². The highest BCUT2D eigenvalue weighted by Gasteiger charge is 2.22. The Morgan fingerprint density at radius 1 is 1.11 bits per heavy atom. The SMILES string of the molecule is Cc1cc2c(F)c(Oc3ncnc(Nc4ccc(N5CC(C)NC(C)C5)cc4)c3C#N)cc(F)c2[nH]1. The van der Waals surface area contributed by atoms with Crippen molar-refractivity contribution in [2.45, 2.75) is 32.9 Å². The van der Waals surface area contributed by atoms with Crippen molar-refractivity contribution in [1.29, 1.82) is 5.26 Å². The van der Waals surface area contributed by atoms with Gasteiger partial charge in [0.15, 0.2) is 28.8 Å². The number of ether oxygens (including phenoxy) is 1. The topological polar surface area (TPSA) is 102 Å². The molecule has 4 aromatic rings. The molecule has 10 heteroatoms. The molecule has 2 aromatic heterocycles. The predicted molar refractivity (Wildman–Crippen MR) is 134 cm³/mol. The molecule has 3 heterocycles. The van der Waals surface area contributed by atoms with Gasteiger partial charge in [0, 0.05) is 53.7 Å². The Kier molecular flexibility index (Phi) is 6.16. The first kappa shape index (κ1) is 23.5. The number of fused-ring (bicyclic) bond motifs is 1. The second-order valence-electron chi connectivity index (χ2n) is 9.07. The Balaban J connectivity index is 1.39. The molecule has 0 bridgehead atoms. The average molecular weight is 490 g/mol. The second-order valence-corrected chi connectivity index (χ2v) is 9.07. The highest BCUT2D eigenvalue weighted by atomic mass is 19.1. The van der Waals surface area contributed by atoms with E-state index >= 15 is 4.39 Å². The fourth-order valence-corrected chi connectivity index (χ4v) is 4.58. The number of hydrogen-bond donors (Lipinski definition) is 3. The minimum atomic E-state index is -0.750. The number of nitrogens with zero attached hydrogens (tertiary/aromatic N) is 4. The van der Waals surface area contributed by atoms with Crippen molar-refractivity contribution in [3.63, 3.8) is 0 Å². The summed E-state index contributed by atoms with van der Waals surface area (Å²) in [6.45, 7) is 7.84. The van der Waals surface area contributed by atoms with Gasteiger partial charge in [0.2, 0.25) is 5.88 Å². The highest BCUT2D eigenvalue weighted by molar-refractivity contribution is 5.83. The number of rotatable bonds is 5. The lowest BCUT2D eigenvalue weighted by Gasteiger charge is -2.37. The van der Waals surface area contributed by atoms with Crippen molar-refractivity contribution in [1.82, 2.24) is 20.3 Å². The predicted octanol–water partition coefficient (Wildman–Crippen LogP) is 5.14. The fraction of sp³-hybridized carbons (Fsp3) is 0.269. The van der Waals surface area contributed by atoms with Crippen LogP contribution in [0.2, 0.25) is 0 Å².